The summed E-state index contributed by atoms with van der Waals surface area (Å²) in [5.41, 5.74) is 1.56. The second kappa shape index (κ2) is 6.53. The van der Waals surface area contributed by atoms with Crippen molar-refractivity contribution >= 4 is 51.5 Å². The van der Waals surface area contributed by atoms with Crippen LogP contribution in [0.4, 0.5) is 10.7 Å². The zero-order valence-corrected chi connectivity index (χ0v) is 14.8. The quantitative estimate of drug-likeness (QED) is 0.769. The Balaban J connectivity index is 1.51. The predicted molar refractivity (Wildman–Crippen MR) is 98.6 cm³/mol. The number of nitrogens with one attached hydrogen (secondary N) is 3. The van der Waals surface area contributed by atoms with Crippen LogP contribution in [0.25, 0.3) is 0 Å². The minimum absolute atomic E-state index is 0.0765. The van der Waals surface area contributed by atoms with Crippen LogP contribution in [0.15, 0.2) is 34.5 Å². The lowest BCUT2D eigenvalue weighted by Gasteiger charge is -2.17. The highest BCUT2D eigenvalue weighted by Crippen LogP contribution is 2.32. The minimum Gasteiger partial charge on any atom is -0.349 e. The van der Waals surface area contributed by atoms with E-state index in [0.717, 1.165) is 17.7 Å². The van der Waals surface area contributed by atoms with Gasteiger partial charge in [-0.2, -0.15) is 0 Å². The molecule has 3 N–H and O–H groups in total. The Hall–Kier alpha value is -2.32. The van der Waals surface area contributed by atoms with Gasteiger partial charge in [-0.1, -0.05) is 0 Å². The van der Waals surface area contributed by atoms with E-state index in [-0.39, 0.29) is 23.8 Å². The molecule has 1 saturated carbocycles. The van der Waals surface area contributed by atoms with Gasteiger partial charge in [0.25, 0.3) is 11.8 Å². The standard InChI is InChI=1S/C17H15N3O3S2/c21-14-8-25-13-4-1-9(7-12(13)19-14)15(22)20-17-11(5-6-24-17)16(23)18-10-2-3-10/h1,4-7,10H,2-3,8H2,(H,18,23)(H,19,21)(H,20,22). The van der Waals surface area contributed by atoms with Crippen molar-refractivity contribution in [3.05, 3.63) is 40.8 Å². The third kappa shape index (κ3) is 3.54. The third-order valence-electron chi connectivity index (χ3n) is 3.92. The van der Waals surface area contributed by atoms with E-state index in [1.54, 1.807) is 23.6 Å². The van der Waals surface area contributed by atoms with E-state index in [1.807, 2.05) is 6.07 Å². The van der Waals surface area contributed by atoms with Crippen molar-refractivity contribution in [3.8, 4) is 0 Å². The van der Waals surface area contributed by atoms with Crippen LogP contribution in [0.1, 0.15) is 33.6 Å². The number of thiophene rings is 1. The van der Waals surface area contributed by atoms with Crippen molar-refractivity contribution in [2.45, 2.75) is 23.8 Å². The summed E-state index contributed by atoms with van der Waals surface area (Å²) < 4.78 is 0. The summed E-state index contributed by atoms with van der Waals surface area (Å²) in [6.45, 7) is 0. The SMILES string of the molecule is O=C1CSc2ccc(C(=O)Nc3sccc3C(=O)NC3CC3)cc2N1. The molecule has 4 rings (SSSR count). The lowest BCUT2D eigenvalue weighted by atomic mass is 10.1. The molecule has 3 amide bonds. The number of amides is 3. The zero-order valence-electron chi connectivity index (χ0n) is 13.1. The van der Waals surface area contributed by atoms with Gasteiger partial charge in [0, 0.05) is 16.5 Å². The number of hydrogen-bond acceptors (Lipinski definition) is 5. The molecule has 1 aliphatic heterocycles. The first-order valence-electron chi connectivity index (χ1n) is 7.86. The number of thioether (sulfide) groups is 1. The summed E-state index contributed by atoms with van der Waals surface area (Å²) in [7, 11) is 0. The van der Waals surface area contributed by atoms with Crippen LogP contribution >= 0.6 is 23.1 Å². The van der Waals surface area contributed by atoms with Gasteiger partial charge in [0.2, 0.25) is 5.91 Å². The van der Waals surface area contributed by atoms with E-state index in [0.29, 0.717) is 27.6 Å². The molecule has 2 aliphatic rings. The molecule has 8 heteroatoms. The van der Waals surface area contributed by atoms with Crippen LogP contribution in [0.3, 0.4) is 0 Å². The van der Waals surface area contributed by atoms with Gasteiger partial charge in [-0.3, -0.25) is 14.4 Å². The van der Waals surface area contributed by atoms with E-state index in [9.17, 15) is 14.4 Å². The van der Waals surface area contributed by atoms with E-state index in [4.69, 9.17) is 0 Å². The molecule has 25 heavy (non-hydrogen) atoms. The second-order valence-corrected chi connectivity index (χ2v) is 7.85. The molecule has 0 bridgehead atoms. The van der Waals surface area contributed by atoms with Crippen LogP contribution in [-0.2, 0) is 4.79 Å². The van der Waals surface area contributed by atoms with Crippen LogP contribution in [0.2, 0.25) is 0 Å². The van der Waals surface area contributed by atoms with Crippen LogP contribution in [-0.4, -0.2) is 29.5 Å². The normalized spacial score (nSPS) is 15.9. The fourth-order valence-electron chi connectivity index (χ4n) is 2.48. The summed E-state index contributed by atoms with van der Waals surface area (Å²) in [4.78, 5) is 37.2. The average molecular weight is 373 g/mol. The van der Waals surface area contributed by atoms with E-state index < -0.39 is 0 Å². The molecule has 6 nitrogen and oxygen atoms in total. The molecule has 0 saturated heterocycles. The molecule has 2 aromatic rings. The molecule has 128 valence electrons. The maximum atomic E-state index is 12.5. The van der Waals surface area contributed by atoms with Crippen molar-refractivity contribution in [2.75, 3.05) is 16.4 Å². The topological polar surface area (TPSA) is 87.3 Å². The Labute approximate surface area is 152 Å². The summed E-state index contributed by atoms with van der Waals surface area (Å²) in [6, 6.07) is 7.17. The fraction of sp³-hybridized carbons (Fsp3) is 0.235. The largest absolute Gasteiger partial charge is 0.349 e. The number of rotatable bonds is 4. The molecule has 1 aliphatic carbocycles. The Bertz CT molecular complexity index is 874. The highest BCUT2D eigenvalue weighted by Gasteiger charge is 2.26. The molecule has 0 radical (unpaired) electrons. The highest BCUT2D eigenvalue weighted by molar-refractivity contribution is 8.00. The molecule has 1 aromatic carbocycles. The Morgan fingerprint density at radius 2 is 2.00 bits per heavy atom. The van der Waals surface area contributed by atoms with Gasteiger partial charge in [0.15, 0.2) is 0 Å². The number of anilines is 2. The van der Waals surface area contributed by atoms with E-state index >= 15 is 0 Å². The van der Waals surface area contributed by atoms with E-state index in [2.05, 4.69) is 16.0 Å². The van der Waals surface area contributed by atoms with Gasteiger partial charge in [-0.25, -0.2) is 0 Å². The molecule has 1 aromatic heterocycles. The van der Waals surface area contributed by atoms with Gasteiger partial charge >= 0.3 is 0 Å². The Kier molecular flexibility index (Phi) is 4.22. The summed E-state index contributed by atoms with van der Waals surface area (Å²) in [5.74, 6) is -0.163. The average Bonchev–Trinajstić information content (AvgIpc) is 3.29. The van der Waals surface area contributed by atoms with Crippen LogP contribution in [0, 0.1) is 0 Å². The molecular weight excluding hydrogens is 358 g/mol. The number of benzene rings is 1. The maximum absolute atomic E-state index is 12.5. The lowest BCUT2D eigenvalue weighted by molar-refractivity contribution is -0.113. The minimum atomic E-state index is -0.310. The van der Waals surface area contributed by atoms with Gasteiger partial charge in [-0.15, -0.1) is 23.1 Å². The number of carbonyl (C=O) groups is 3. The van der Waals surface area contributed by atoms with Crippen molar-refractivity contribution in [1.82, 2.24) is 5.32 Å². The molecule has 0 unspecified atom stereocenters. The zero-order chi connectivity index (χ0) is 17.4. The van der Waals surface area contributed by atoms with Crippen molar-refractivity contribution in [1.29, 1.82) is 0 Å². The first kappa shape index (κ1) is 16.2. The summed E-state index contributed by atoms with van der Waals surface area (Å²) in [6.07, 6.45) is 2.02. The number of carbonyl (C=O) groups excluding carboxylic acids is 3. The Morgan fingerprint density at radius 3 is 2.80 bits per heavy atom. The molecule has 0 spiro atoms. The van der Waals surface area contributed by atoms with Crippen molar-refractivity contribution < 1.29 is 14.4 Å². The third-order valence-corrected chi connectivity index (χ3v) is 5.83. The van der Waals surface area contributed by atoms with Crippen molar-refractivity contribution in [3.63, 3.8) is 0 Å². The summed E-state index contributed by atoms with van der Waals surface area (Å²) >= 11 is 2.76. The van der Waals surface area contributed by atoms with Crippen LogP contribution in [0.5, 0.6) is 0 Å². The number of fused-ring (bicyclic) bond motifs is 1. The van der Waals surface area contributed by atoms with Gasteiger partial charge in [0.05, 0.1) is 17.0 Å². The van der Waals surface area contributed by atoms with Gasteiger partial charge in [0.1, 0.15) is 5.00 Å². The van der Waals surface area contributed by atoms with Crippen molar-refractivity contribution in [2.24, 2.45) is 0 Å². The molecule has 0 atom stereocenters. The first-order chi connectivity index (χ1) is 12.1. The highest BCUT2D eigenvalue weighted by atomic mass is 32.2. The van der Waals surface area contributed by atoms with E-state index in [1.165, 1.54) is 23.1 Å². The molecule has 2 heterocycles. The Morgan fingerprint density at radius 1 is 1.16 bits per heavy atom. The monoisotopic (exact) mass is 373 g/mol. The van der Waals surface area contributed by atoms with Crippen LogP contribution < -0.4 is 16.0 Å². The molecular formula is C17H15N3O3S2. The summed E-state index contributed by atoms with van der Waals surface area (Å²) in [5, 5.41) is 10.8. The van der Waals surface area contributed by atoms with Gasteiger partial charge in [-0.05, 0) is 42.5 Å². The smallest absolute Gasteiger partial charge is 0.256 e. The fourth-order valence-corrected chi connectivity index (χ4v) is 4.04. The second-order valence-electron chi connectivity index (χ2n) is 5.91. The predicted octanol–water partition coefficient (Wildman–Crippen LogP) is 2.94. The maximum Gasteiger partial charge on any atom is 0.256 e. The first-order valence-corrected chi connectivity index (χ1v) is 9.73. The number of hydrogen-bond donors (Lipinski definition) is 3. The molecule has 1 fully saturated rings. The lowest BCUT2D eigenvalue weighted by Crippen LogP contribution is -2.26. The van der Waals surface area contributed by atoms with Gasteiger partial charge < -0.3 is 16.0 Å².